The van der Waals surface area contributed by atoms with E-state index in [9.17, 15) is 18.0 Å². The Hall–Kier alpha value is -2.67. The first-order chi connectivity index (χ1) is 11.9. The third kappa shape index (κ3) is 5.15. The molecule has 2 aromatic carbocycles. The lowest BCUT2D eigenvalue weighted by molar-refractivity contribution is -0.113. The molecule has 0 aliphatic heterocycles. The summed E-state index contributed by atoms with van der Waals surface area (Å²) in [4.78, 5) is 24.4. The second kappa shape index (κ2) is 8.43. The summed E-state index contributed by atoms with van der Waals surface area (Å²) in [5.74, 6) is -1.70. The van der Waals surface area contributed by atoms with Gasteiger partial charge in [0.05, 0.1) is 16.1 Å². The van der Waals surface area contributed by atoms with E-state index >= 15 is 0 Å². The summed E-state index contributed by atoms with van der Waals surface area (Å²) in [5.41, 5.74) is 0.575. The predicted octanol–water partition coefficient (Wildman–Crippen LogP) is 2.24. The Morgan fingerprint density at radius 2 is 1.60 bits per heavy atom. The van der Waals surface area contributed by atoms with Crippen molar-refractivity contribution in [1.82, 2.24) is 5.32 Å². The molecule has 0 saturated heterocycles. The fourth-order valence-electron chi connectivity index (χ4n) is 2.19. The monoisotopic (exact) mass is 360 g/mol. The first-order valence-corrected chi connectivity index (χ1v) is 9.54. The Balaban J connectivity index is 2.12. The molecule has 0 saturated carbocycles. The Morgan fingerprint density at radius 1 is 0.960 bits per heavy atom. The van der Waals surface area contributed by atoms with Gasteiger partial charge in [-0.1, -0.05) is 37.3 Å². The van der Waals surface area contributed by atoms with Crippen LogP contribution in [0.2, 0.25) is 0 Å². The molecule has 0 atom stereocenters. The van der Waals surface area contributed by atoms with E-state index < -0.39 is 21.5 Å². The third-order valence-corrected chi connectivity index (χ3v) is 5.04. The molecule has 0 aliphatic carbocycles. The lowest BCUT2D eigenvalue weighted by Gasteiger charge is -2.11. The molecular weight excluding hydrogens is 340 g/mol. The van der Waals surface area contributed by atoms with Gasteiger partial charge in [0.15, 0.2) is 9.84 Å². The zero-order chi connectivity index (χ0) is 18.3. The van der Waals surface area contributed by atoms with E-state index in [4.69, 9.17) is 0 Å². The van der Waals surface area contributed by atoms with Crippen LogP contribution in [-0.2, 0) is 14.6 Å². The average Bonchev–Trinajstić information content (AvgIpc) is 2.60. The lowest BCUT2D eigenvalue weighted by Crippen LogP contribution is -2.27. The first kappa shape index (κ1) is 18.7. The smallest absolute Gasteiger partial charge is 0.253 e. The van der Waals surface area contributed by atoms with Gasteiger partial charge in [0, 0.05) is 6.54 Å². The molecule has 0 spiro atoms. The van der Waals surface area contributed by atoms with Crippen LogP contribution < -0.4 is 10.6 Å². The average molecular weight is 360 g/mol. The van der Waals surface area contributed by atoms with Gasteiger partial charge in [0.25, 0.3) is 5.91 Å². The zero-order valence-corrected chi connectivity index (χ0v) is 14.7. The van der Waals surface area contributed by atoms with Crippen molar-refractivity contribution in [2.75, 3.05) is 17.6 Å². The van der Waals surface area contributed by atoms with Crippen LogP contribution in [0.5, 0.6) is 0 Å². The van der Waals surface area contributed by atoms with Crippen LogP contribution in [0.4, 0.5) is 5.69 Å². The van der Waals surface area contributed by atoms with Gasteiger partial charge in [0.1, 0.15) is 5.75 Å². The normalized spacial score (nSPS) is 10.9. The quantitative estimate of drug-likeness (QED) is 0.792. The number of carbonyl (C=O) groups excluding carboxylic acids is 2. The number of hydrogen-bond acceptors (Lipinski definition) is 4. The van der Waals surface area contributed by atoms with Crippen molar-refractivity contribution in [2.45, 2.75) is 18.2 Å². The van der Waals surface area contributed by atoms with E-state index in [0.717, 1.165) is 6.42 Å². The maximum Gasteiger partial charge on any atom is 0.253 e. The Labute approximate surface area is 147 Å². The highest BCUT2D eigenvalue weighted by Crippen LogP contribution is 2.16. The van der Waals surface area contributed by atoms with Gasteiger partial charge in [-0.05, 0) is 30.7 Å². The second-order valence-corrected chi connectivity index (χ2v) is 7.41. The molecule has 0 heterocycles. The van der Waals surface area contributed by atoms with Gasteiger partial charge < -0.3 is 10.6 Å². The number of carbonyl (C=O) groups is 2. The summed E-state index contributed by atoms with van der Waals surface area (Å²) >= 11 is 0. The maximum absolute atomic E-state index is 12.3. The van der Waals surface area contributed by atoms with Gasteiger partial charge in [0.2, 0.25) is 5.91 Å². The molecule has 0 unspecified atom stereocenters. The minimum Gasteiger partial charge on any atom is -0.352 e. The van der Waals surface area contributed by atoms with Gasteiger partial charge in [-0.15, -0.1) is 0 Å². The largest absolute Gasteiger partial charge is 0.352 e. The van der Waals surface area contributed by atoms with Gasteiger partial charge in [-0.2, -0.15) is 0 Å². The fourth-order valence-corrected chi connectivity index (χ4v) is 3.35. The van der Waals surface area contributed by atoms with E-state index in [1.54, 1.807) is 42.5 Å². The number of nitrogens with one attached hydrogen (secondary N) is 2. The summed E-state index contributed by atoms with van der Waals surface area (Å²) in [7, 11) is -3.74. The second-order valence-electron chi connectivity index (χ2n) is 5.42. The minimum absolute atomic E-state index is 0.0825. The van der Waals surface area contributed by atoms with Crippen LogP contribution in [0.15, 0.2) is 59.5 Å². The van der Waals surface area contributed by atoms with Crippen molar-refractivity contribution in [1.29, 1.82) is 0 Å². The Bertz CT molecular complexity index is 848. The van der Waals surface area contributed by atoms with Gasteiger partial charge in [-0.3, -0.25) is 9.59 Å². The van der Waals surface area contributed by atoms with Gasteiger partial charge >= 0.3 is 0 Å². The number of para-hydroxylation sites is 1. The molecule has 0 aromatic heterocycles. The first-order valence-electron chi connectivity index (χ1n) is 7.89. The molecule has 0 radical (unpaired) electrons. The van der Waals surface area contributed by atoms with Crippen molar-refractivity contribution < 1.29 is 18.0 Å². The summed E-state index contributed by atoms with van der Waals surface area (Å²) in [6.45, 7) is 2.45. The van der Waals surface area contributed by atoms with Crippen molar-refractivity contribution in [3.63, 3.8) is 0 Å². The molecule has 2 rings (SSSR count). The molecule has 25 heavy (non-hydrogen) atoms. The highest BCUT2D eigenvalue weighted by atomic mass is 32.2. The van der Waals surface area contributed by atoms with Gasteiger partial charge in [-0.25, -0.2) is 8.42 Å². The van der Waals surface area contributed by atoms with Crippen LogP contribution in [0, 0.1) is 0 Å². The molecule has 6 nitrogen and oxygen atoms in total. The maximum atomic E-state index is 12.3. The number of anilines is 1. The lowest BCUT2D eigenvalue weighted by atomic mass is 10.1. The van der Waals surface area contributed by atoms with Crippen molar-refractivity contribution >= 4 is 27.3 Å². The van der Waals surface area contributed by atoms with Crippen LogP contribution in [0.1, 0.15) is 23.7 Å². The topological polar surface area (TPSA) is 92.3 Å². The summed E-state index contributed by atoms with van der Waals surface area (Å²) in [6, 6.07) is 14.2. The zero-order valence-electron chi connectivity index (χ0n) is 13.9. The van der Waals surface area contributed by atoms with E-state index in [0.29, 0.717) is 12.1 Å². The predicted molar refractivity (Wildman–Crippen MR) is 96.2 cm³/mol. The molecule has 7 heteroatoms. The van der Waals surface area contributed by atoms with Crippen LogP contribution >= 0.6 is 0 Å². The molecule has 0 aliphatic rings. The van der Waals surface area contributed by atoms with Crippen molar-refractivity contribution in [3.05, 3.63) is 60.2 Å². The van der Waals surface area contributed by atoms with E-state index in [1.807, 2.05) is 6.92 Å². The number of benzene rings is 2. The number of sulfone groups is 1. The summed E-state index contributed by atoms with van der Waals surface area (Å²) in [5, 5.41) is 5.24. The number of amides is 2. The molecule has 0 bridgehead atoms. The third-order valence-electron chi connectivity index (χ3n) is 3.40. The standard InChI is InChI=1S/C18H20N2O4S/c1-2-12-19-18(22)15-10-6-7-11-16(15)20-17(21)13-25(23,24)14-8-4-3-5-9-14/h3-11H,2,12-13H2,1H3,(H,19,22)(H,20,21). The molecule has 2 aromatic rings. The number of rotatable bonds is 7. The highest BCUT2D eigenvalue weighted by Gasteiger charge is 2.20. The molecule has 2 N–H and O–H groups in total. The Morgan fingerprint density at radius 3 is 2.28 bits per heavy atom. The van der Waals surface area contributed by atoms with Crippen LogP contribution in [-0.4, -0.2) is 32.5 Å². The summed E-state index contributed by atoms with van der Waals surface area (Å²) in [6.07, 6.45) is 0.787. The number of hydrogen-bond donors (Lipinski definition) is 2. The van der Waals surface area contributed by atoms with Crippen LogP contribution in [0.3, 0.4) is 0 Å². The molecule has 2 amide bonds. The molecule has 0 fully saturated rings. The highest BCUT2D eigenvalue weighted by molar-refractivity contribution is 7.92. The van der Waals surface area contributed by atoms with Crippen LogP contribution in [0.25, 0.3) is 0 Å². The van der Waals surface area contributed by atoms with E-state index in [2.05, 4.69) is 10.6 Å². The van der Waals surface area contributed by atoms with Crippen molar-refractivity contribution in [3.8, 4) is 0 Å². The Kier molecular flexibility index (Phi) is 6.30. The summed E-state index contributed by atoms with van der Waals surface area (Å²) < 4.78 is 24.5. The van der Waals surface area contributed by atoms with E-state index in [-0.39, 0.29) is 16.5 Å². The molecular formula is C18H20N2O4S. The minimum atomic E-state index is -3.74. The van der Waals surface area contributed by atoms with E-state index in [1.165, 1.54) is 12.1 Å². The fraction of sp³-hybridized carbons (Fsp3) is 0.222. The SMILES string of the molecule is CCCNC(=O)c1ccccc1NC(=O)CS(=O)(=O)c1ccccc1. The molecule has 132 valence electrons. The van der Waals surface area contributed by atoms with Crippen molar-refractivity contribution in [2.24, 2.45) is 0 Å².